The molecule has 3 heterocycles. The quantitative estimate of drug-likeness (QED) is 0.904. The van der Waals surface area contributed by atoms with Crippen LogP contribution in [0.4, 0.5) is 5.82 Å². The molecular formula is C14H19N5. The Balaban J connectivity index is 1.62. The average Bonchev–Trinajstić information content (AvgIpc) is 2.93. The number of pyridine rings is 1. The van der Waals surface area contributed by atoms with E-state index in [0.717, 1.165) is 30.3 Å². The molecule has 1 unspecified atom stereocenters. The van der Waals surface area contributed by atoms with Crippen molar-refractivity contribution in [2.24, 2.45) is 5.92 Å². The number of hydrogen-bond acceptors (Lipinski definition) is 5. The van der Waals surface area contributed by atoms with Crippen LogP contribution < -0.4 is 5.32 Å². The topological polar surface area (TPSA) is 53.9 Å². The minimum Gasteiger partial charge on any atom is -0.370 e. The van der Waals surface area contributed by atoms with Crippen molar-refractivity contribution in [3.8, 4) is 0 Å². The van der Waals surface area contributed by atoms with Gasteiger partial charge in [0.25, 0.3) is 0 Å². The Labute approximate surface area is 113 Å². The highest BCUT2D eigenvalue weighted by Gasteiger charge is 2.20. The monoisotopic (exact) mass is 257 g/mol. The summed E-state index contributed by atoms with van der Waals surface area (Å²) in [6.45, 7) is 6.77. The first-order chi connectivity index (χ1) is 9.35. The third-order valence-corrected chi connectivity index (χ3v) is 3.72. The van der Waals surface area contributed by atoms with Gasteiger partial charge in [-0.15, -0.1) is 0 Å². The zero-order chi connectivity index (χ0) is 13.1. The number of likely N-dealkylation sites (tertiary alicyclic amines) is 1. The van der Waals surface area contributed by atoms with Gasteiger partial charge in [0.2, 0.25) is 0 Å². The summed E-state index contributed by atoms with van der Waals surface area (Å²) in [5, 5.41) is 3.42. The number of nitrogens with zero attached hydrogens (tertiary/aromatic N) is 4. The zero-order valence-electron chi connectivity index (χ0n) is 11.2. The third kappa shape index (κ3) is 2.81. The first-order valence-corrected chi connectivity index (χ1v) is 6.89. The second-order valence-electron chi connectivity index (χ2n) is 5.02. The van der Waals surface area contributed by atoms with Gasteiger partial charge in [-0.3, -0.25) is 4.98 Å². The number of aromatic nitrogens is 3. The molecule has 0 aromatic carbocycles. The van der Waals surface area contributed by atoms with Gasteiger partial charge in [-0.2, -0.15) is 0 Å². The second-order valence-corrected chi connectivity index (χ2v) is 5.02. The molecule has 5 nitrogen and oxygen atoms in total. The minimum absolute atomic E-state index is 0.703. The molecule has 19 heavy (non-hydrogen) atoms. The number of nitrogens with one attached hydrogen (secondary N) is 1. The van der Waals surface area contributed by atoms with Crippen LogP contribution in [0.2, 0.25) is 0 Å². The fourth-order valence-electron chi connectivity index (χ4n) is 2.57. The van der Waals surface area contributed by atoms with Crippen molar-refractivity contribution in [3.63, 3.8) is 0 Å². The van der Waals surface area contributed by atoms with E-state index >= 15 is 0 Å². The van der Waals surface area contributed by atoms with Gasteiger partial charge in [-0.05, 0) is 37.6 Å². The molecule has 0 aliphatic carbocycles. The van der Waals surface area contributed by atoms with E-state index in [1.165, 1.54) is 19.5 Å². The molecule has 5 heteroatoms. The van der Waals surface area contributed by atoms with Crippen molar-refractivity contribution in [2.75, 3.05) is 31.5 Å². The highest BCUT2D eigenvalue weighted by atomic mass is 15.1. The van der Waals surface area contributed by atoms with Gasteiger partial charge in [0.1, 0.15) is 11.3 Å². The van der Waals surface area contributed by atoms with Crippen molar-refractivity contribution in [1.82, 2.24) is 19.9 Å². The van der Waals surface area contributed by atoms with E-state index in [1.807, 2.05) is 12.1 Å². The lowest BCUT2D eigenvalue weighted by molar-refractivity contribution is 0.345. The number of anilines is 1. The predicted molar refractivity (Wildman–Crippen MR) is 76.0 cm³/mol. The van der Waals surface area contributed by atoms with Gasteiger partial charge in [-0.1, -0.05) is 6.92 Å². The summed E-state index contributed by atoms with van der Waals surface area (Å²) < 4.78 is 0. The number of rotatable bonds is 4. The summed E-state index contributed by atoms with van der Waals surface area (Å²) in [5.74, 6) is 1.61. The maximum Gasteiger partial charge on any atom is 0.180 e. The zero-order valence-corrected chi connectivity index (χ0v) is 11.2. The lowest BCUT2D eigenvalue weighted by atomic mass is 10.1. The molecule has 0 spiro atoms. The maximum absolute atomic E-state index is 4.48. The van der Waals surface area contributed by atoms with Gasteiger partial charge in [0, 0.05) is 25.5 Å². The molecule has 1 saturated heterocycles. The van der Waals surface area contributed by atoms with Crippen molar-refractivity contribution >= 4 is 17.0 Å². The minimum atomic E-state index is 0.703. The largest absolute Gasteiger partial charge is 0.370 e. The van der Waals surface area contributed by atoms with Crippen molar-refractivity contribution in [1.29, 1.82) is 0 Å². The maximum atomic E-state index is 4.48. The molecule has 3 rings (SSSR count). The van der Waals surface area contributed by atoms with Gasteiger partial charge in [0.05, 0.1) is 0 Å². The molecule has 2 aromatic heterocycles. The Kier molecular flexibility index (Phi) is 3.55. The van der Waals surface area contributed by atoms with E-state index < -0.39 is 0 Å². The molecule has 1 aliphatic heterocycles. The predicted octanol–water partition coefficient (Wildman–Crippen LogP) is 1.78. The number of hydrogen-bond donors (Lipinski definition) is 1. The number of fused-ring (bicyclic) bond motifs is 1. The Bertz CT molecular complexity index is 556. The molecule has 100 valence electrons. The van der Waals surface area contributed by atoms with Gasteiger partial charge >= 0.3 is 0 Å². The average molecular weight is 257 g/mol. The summed E-state index contributed by atoms with van der Waals surface area (Å²) in [7, 11) is 0. The van der Waals surface area contributed by atoms with E-state index in [-0.39, 0.29) is 0 Å². The summed E-state index contributed by atoms with van der Waals surface area (Å²) in [6, 6.07) is 3.94. The Morgan fingerprint density at radius 2 is 2.21 bits per heavy atom. The van der Waals surface area contributed by atoms with Crippen LogP contribution in [0.5, 0.6) is 0 Å². The lowest BCUT2D eigenvalue weighted by Crippen LogP contribution is -2.22. The van der Waals surface area contributed by atoms with Gasteiger partial charge < -0.3 is 10.2 Å². The van der Waals surface area contributed by atoms with Crippen LogP contribution >= 0.6 is 0 Å². The molecule has 0 bridgehead atoms. The van der Waals surface area contributed by atoms with Gasteiger partial charge in [-0.25, -0.2) is 9.97 Å². The van der Waals surface area contributed by atoms with E-state index in [9.17, 15) is 0 Å². The second kappa shape index (κ2) is 5.48. The fourth-order valence-corrected chi connectivity index (χ4v) is 2.57. The van der Waals surface area contributed by atoms with Crippen molar-refractivity contribution in [3.05, 3.63) is 24.5 Å². The SMILES string of the molecule is CCN1CCC(CNc2ccc3nccnc3n2)C1. The van der Waals surface area contributed by atoms with Crippen LogP contribution in [0.25, 0.3) is 11.2 Å². The van der Waals surface area contributed by atoms with Crippen LogP contribution in [-0.2, 0) is 0 Å². The van der Waals surface area contributed by atoms with Crippen molar-refractivity contribution < 1.29 is 0 Å². The van der Waals surface area contributed by atoms with Crippen LogP contribution in [0.15, 0.2) is 24.5 Å². The van der Waals surface area contributed by atoms with Crippen molar-refractivity contribution in [2.45, 2.75) is 13.3 Å². The molecule has 1 N–H and O–H groups in total. The molecule has 1 fully saturated rings. The highest BCUT2D eigenvalue weighted by molar-refractivity contribution is 5.71. The molecule has 2 aromatic rings. The van der Waals surface area contributed by atoms with Crippen LogP contribution in [-0.4, -0.2) is 46.0 Å². The Morgan fingerprint density at radius 3 is 3.05 bits per heavy atom. The van der Waals surface area contributed by atoms with E-state index in [1.54, 1.807) is 12.4 Å². The highest BCUT2D eigenvalue weighted by Crippen LogP contribution is 2.17. The van der Waals surface area contributed by atoms with Crippen LogP contribution in [0.1, 0.15) is 13.3 Å². The lowest BCUT2D eigenvalue weighted by Gasteiger charge is -2.14. The normalized spacial score (nSPS) is 19.9. The van der Waals surface area contributed by atoms with Crippen LogP contribution in [0.3, 0.4) is 0 Å². The summed E-state index contributed by atoms with van der Waals surface area (Å²) in [4.78, 5) is 15.4. The Morgan fingerprint density at radius 1 is 1.32 bits per heavy atom. The summed E-state index contributed by atoms with van der Waals surface area (Å²) in [6.07, 6.45) is 4.64. The van der Waals surface area contributed by atoms with E-state index in [0.29, 0.717) is 5.65 Å². The van der Waals surface area contributed by atoms with Gasteiger partial charge in [0.15, 0.2) is 5.65 Å². The fraction of sp³-hybridized carbons (Fsp3) is 0.500. The smallest absolute Gasteiger partial charge is 0.180 e. The van der Waals surface area contributed by atoms with Crippen LogP contribution in [0, 0.1) is 5.92 Å². The molecule has 0 radical (unpaired) electrons. The standard InChI is InChI=1S/C14H19N5/c1-2-19-8-5-11(10-19)9-17-13-4-3-12-14(18-13)16-7-6-15-12/h3-4,6-7,11H,2,5,8-10H2,1H3,(H,16,17,18). The first kappa shape index (κ1) is 12.3. The molecular weight excluding hydrogens is 238 g/mol. The molecule has 1 aliphatic rings. The first-order valence-electron chi connectivity index (χ1n) is 6.89. The molecule has 0 amide bonds. The van der Waals surface area contributed by atoms with E-state index in [2.05, 4.69) is 32.1 Å². The molecule has 0 saturated carbocycles. The summed E-state index contributed by atoms with van der Waals surface area (Å²) >= 11 is 0. The molecule has 1 atom stereocenters. The van der Waals surface area contributed by atoms with E-state index in [4.69, 9.17) is 0 Å². The third-order valence-electron chi connectivity index (χ3n) is 3.72. The Hall–Kier alpha value is -1.75. The summed E-state index contributed by atoms with van der Waals surface area (Å²) in [5.41, 5.74) is 1.54.